The lowest BCUT2D eigenvalue weighted by Gasteiger charge is -2.16. The van der Waals surface area contributed by atoms with Crippen molar-refractivity contribution in [2.45, 2.75) is 25.2 Å². The summed E-state index contributed by atoms with van der Waals surface area (Å²) in [6.07, 6.45) is -0.00486. The minimum atomic E-state index is -3.68. The second-order valence-corrected chi connectivity index (χ2v) is 6.51. The Kier molecular flexibility index (Phi) is 6.04. The molecular weight excluding hydrogens is 294 g/mol. The topological polar surface area (TPSA) is 80.8 Å². The molecule has 6 nitrogen and oxygen atoms in total. The molecule has 0 aromatic heterocycles. The highest BCUT2D eigenvalue weighted by atomic mass is 32.2. The van der Waals surface area contributed by atoms with Crippen LogP contribution in [0.2, 0.25) is 0 Å². The number of Topliss-reactive ketones (excluding diaryl/α,β-unsaturated/α-hetero) is 1. The molecule has 0 aliphatic carbocycles. The zero-order valence-corrected chi connectivity index (χ0v) is 13.1. The molecule has 1 aromatic rings. The number of nitrogens with zero attached hydrogens (tertiary/aromatic N) is 1. The molecule has 116 valence electrons. The van der Waals surface area contributed by atoms with Crippen molar-refractivity contribution in [3.05, 3.63) is 29.8 Å². The van der Waals surface area contributed by atoms with Gasteiger partial charge in [-0.1, -0.05) is 12.1 Å². The van der Waals surface area contributed by atoms with Crippen LogP contribution in [0.15, 0.2) is 29.2 Å². The van der Waals surface area contributed by atoms with Gasteiger partial charge in [0.2, 0.25) is 10.0 Å². The summed E-state index contributed by atoms with van der Waals surface area (Å²) >= 11 is 0. The standard InChI is InChI=1S/C14H19NO5S/c1-4-20-14(17)9-10-15(3)21(18,19)13-7-5-12(6-8-13)11(2)16/h5-8H,4,9-10H2,1-3H3. The predicted octanol–water partition coefficient (Wildman–Crippen LogP) is 1.46. The lowest BCUT2D eigenvalue weighted by molar-refractivity contribution is -0.143. The van der Waals surface area contributed by atoms with E-state index in [1.165, 1.54) is 38.2 Å². The first-order valence-electron chi connectivity index (χ1n) is 6.52. The second-order valence-electron chi connectivity index (χ2n) is 4.46. The predicted molar refractivity (Wildman–Crippen MR) is 77.5 cm³/mol. The summed E-state index contributed by atoms with van der Waals surface area (Å²) in [7, 11) is -2.28. The number of hydrogen-bond acceptors (Lipinski definition) is 5. The van der Waals surface area contributed by atoms with Crippen LogP contribution in [0.3, 0.4) is 0 Å². The summed E-state index contributed by atoms with van der Waals surface area (Å²) < 4.78 is 30.4. The number of ether oxygens (including phenoxy) is 1. The molecule has 0 fully saturated rings. The van der Waals surface area contributed by atoms with E-state index in [2.05, 4.69) is 0 Å². The van der Waals surface area contributed by atoms with Crippen molar-refractivity contribution >= 4 is 21.8 Å². The van der Waals surface area contributed by atoms with Crippen molar-refractivity contribution in [3.63, 3.8) is 0 Å². The van der Waals surface area contributed by atoms with Gasteiger partial charge in [-0.15, -0.1) is 0 Å². The molecule has 0 amide bonds. The van der Waals surface area contributed by atoms with Gasteiger partial charge in [0.05, 0.1) is 17.9 Å². The lowest BCUT2D eigenvalue weighted by Crippen LogP contribution is -2.29. The molecule has 0 bridgehead atoms. The lowest BCUT2D eigenvalue weighted by atomic mass is 10.2. The Bertz CT molecular complexity index is 607. The van der Waals surface area contributed by atoms with E-state index in [1.807, 2.05) is 0 Å². The SMILES string of the molecule is CCOC(=O)CCN(C)S(=O)(=O)c1ccc(C(C)=O)cc1. The quantitative estimate of drug-likeness (QED) is 0.562. The van der Waals surface area contributed by atoms with Crippen molar-refractivity contribution in [2.75, 3.05) is 20.2 Å². The molecule has 1 aromatic carbocycles. The van der Waals surface area contributed by atoms with Crippen LogP contribution in [0.4, 0.5) is 0 Å². The minimum Gasteiger partial charge on any atom is -0.466 e. The summed E-state index contributed by atoms with van der Waals surface area (Å²) in [5.41, 5.74) is 0.447. The number of carbonyl (C=O) groups is 2. The first-order chi connectivity index (χ1) is 9.78. The van der Waals surface area contributed by atoms with Crippen molar-refractivity contribution < 1.29 is 22.7 Å². The Hall–Kier alpha value is -1.73. The molecule has 0 aliphatic rings. The zero-order valence-electron chi connectivity index (χ0n) is 12.3. The van der Waals surface area contributed by atoms with Gasteiger partial charge < -0.3 is 4.74 Å². The van der Waals surface area contributed by atoms with Crippen molar-refractivity contribution in [2.24, 2.45) is 0 Å². The molecule has 21 heavy (non-hydrogen) atoms. The van der Waals surface area contributed by atoms with Gasteiger partial charge in [0.1, 0.15) is 0 Å². The van der Waals surface area contributed by atoms with E-state index in [9.17, 15) is 18.0 Å². The largest absolute Gasteiger partial charge is 0.466 e. The van der Waals surface area contributed by atoms with Crippen LogP contribution in [0.1, 0.15) is 30.6 Å². The number of rotatable bonds is 7. The highest BCUT2D eigenvalue weighted by molar-refractivity contribution is 7.89. The maximum Gasteiger partial charge on any atom is 0.307 e. The highest BCUT2D eigenvalue weighted by Gasteiger charge is 2.21. The van der Waals surface area contributed by atoms with Crippen LogP contribution in [-0.2, 0) is 19.6 Å². The number of sulfonamides is 1. The van der Waals surface area contributed by atoms with E-state index in [-0.39, 0.29) is 30.3 Å². The van der Waals surface area contributed by atoms with Crippen molar-refractivity contribution in [3.8, 4) is 0 Å². The highest BCUT2D eigenvalue weighted by Crippen LogP contribution is 2.15. The van der Waals surface area contributed by atoms with Gasteiger partial charge in [0.15, 0.2) is 5.78 Å². The van der Waals surface area contributed by atoms with Gasteiger partial charge in [-0.2, -0.15) is 0 Å². The Balaban J connectivity index is 2.79. The van der Waals surface area contributed by atoms with E-state index in [0.29, 0.717) is 5.56 Å². The van der Waals surface area contributed by atoms with E-state index in [0.717, 1.165) is 4.31 Å². The average molecular weight is 313 g/mol. The summed E-state index contributed by atoms with van der Waals surface area (Å²) in [4.78, 5) is 22.5. The number of ketones is 1. The van der Waals surface area contributed by atoms with Gasteiger partial charge >= 0.3 is 5.97 Å². The molecule has 0 N–H and O–H groups in total. The van der Waals surface area contributed by atoms with Crippen molar-refractivity contribution in [1.29, 1.82) is 0 Å². The number of hydrogen-bond donors (Lipinski definition) is 0. The van der Waals surface area contributed by atoms with Crippen LogP contribution in [0, 0.1) is 0 Å². The van der Waals surface area contributed by atoms with Crippen molar-refractivity contribution in [1.82, 2.24) is 4.31 Å². The third-order valence-corrected chi connectivity index (χ3v) is 4.78. The monoisotopic (exact) mass is 313 g/mol. The smallest absolute Gasteiger partial charge is 0.307 e. The number of benzene rings is 1. The third-order valence-electron chi connectivity index (χ3n) is 2.91. The molecule has 0 saturated heterocycles. The van der Waals surface area contributed by atoms with Crippen LogP contribution in [-0.4, -0.2) is 44.7 Å². The van der Waals surface area contributed by atoms with E-state index in [1.54, 1.807) is 6.92 Å². The molecule has 0 atom stereocenters. The fourth-order valence-corrected chi connectivity index (χ4v) is 2.82. The van der Waals surface area contributed by atoms with Crippen LogP contribution in [0.5, 0.6) is 0 Å². The summed E-state index contributed by atoms with van der Waals surface area (Å²) in [6, 6.07) is 5.70. The number of esters is 1. The fourth-order valence-electron chi connectivity index (χ4n) is 1.64. The minimum absolute atomic E-state index is 0.00486. The summed E-state index contributed by atoms with van der Waals surface area (Å²) in [5, 5.41) is 0. The molecule has 7 heteroatoms. The van der Waals surface area contributed by atoms with Gasteiger partial charge in [0, 0.05) is 19.2 Å². The number of carbonyl (C=O) groups excluding carboxylic acids is 2. The zero-order chi connectivity index (χ0) is 16.0. The van der Waals surface area contributed by atoms with Gasteiger partial charge in [-0.3, -0.25) is 9.59 Å². The fraction of sp³-hybridized carbons (Fsp3) is 0.429. The summed E-state index contributed by atoms with van der Waals surface area (Å²) in [5.74, 6) is -0.568. The van der Waals surface area contributed by atoms with Crippen LogP contribution >= 0.6 is 0 Å². The Morgan fingerprint density at radius 3 is 2.24 bits per heavy atom. The Morgan fingerprint density at radius 2 is 1.76 bits per heavy atom. The third kappa shape index (κ3) is 4.64. The molecule has 0 radical (unpaired) electrons. The molecule has 0 unspecified atom stereocenters. The van der Waals surface area contributed by atoms with Gasteiger partial charge in [-0.05, 0) is 26.0 Å². The average Bonchev–Trinajstić information content (AvgIpc) is 2.45. The molecule has 0 aliphatic heterocycles. The molecule has 0 heterocycles. The molecular formula is C14H19NO5S. The Morgan fingerprint density at radius 1 is 1.19 bits per heavy atom. The summed E-state index contributed by atoms with van der Waals surface area (Å²) in [6.45, 7) is 3.40. The molecule has 0 spiro atoms. The maximum atomic E-state index is 12.3. The normalized spacial score (nSPS) is 11.4. The molecule has 0 saturated carbocycles. The maximum absolute atomic E-state index is 12.3. The first-order valence-corrected chi connectivity index (χ1v) is 7.96. The molecule has 1 rings (SSSR count). The van der Waals surface area contributed by atoms with Gasteiger partial charge in [0.25, 0.3) is 0 Å². The van der Waals surface area contributed by atoms with E-state index >= 15 is 0 Å². The van der Waals surface area contributed by atoms with Crippen LogP contribution in [0.25, 0.3) is 0 Å². The van der Waals surface area contributed by atoms with E-state index < -0.39 is 16.0 Å². The first kappa shape index (κ1) is 17.3. The van der Waals surface area contributed by atoms with Crippen LogP contribution < -0.4 is 0 Å². The Labute approximate surface area is 124 Å². The van der Waals surface area contributed by atoms with Gasteiger partial charge in [-0.25, -0.2) is 12.7 Å². The van der Waals surface area contributed by atoms with E-state index in [4.69, 9.17) is 4.74 Å². The second kappa shape index (κ2) is 7.33.